The smallest absolute Gasteiger partial charge is 0.139 e. The second kappa shape index (κ2) is 4.62. The minimum atomic E-state index is 0.330. The predicted molar refractivity (Wildman–Crippen MR) is 64.5 cm³/mol. The first-order chi connectivity index (χ1) is 7.63. The second-order valence-electron chi connectivity index (χ2n) is 5.73. The summed E-state index contributed by atoms with van der Waals surface area (Å²) in [5.74, 6) is 1.28. The summed E-state index contributed by atoms with van der Waals surface area (Å²) >= 11 is 0. The van der Waals surface area contributed by atoms with Crippen LogP contribution in [0.25, 0.3) is 0 Å². The number of nitrogens with zero attached hydrogens (tertiary/aromatic N) is 2. The molecule has 0 spiro atoms. The zero-order valence-corrected chi connectivity index (χ0v) is 10.2. The van der Waals surface area contributed by atoms with Gasteiger partial charge in [0.1, 0.15) is 5.84 Å². The zero-order valence-electron chi connectivity index (χ0n) is 10.2. The summed E-state index contributed by atoms with van der Waals surface area (Å²) < 4.78 is 0. The van der Waals surface area contributed by atoms with Gasteiger partial charge in [0.2, 0.25) is 0 Å². The highest BCUT2D eigenvalue weighted by Gasteiger charge is 2.44. The third-order valence-corrected chi connectivity index (χ3v) is 4.08. The first kappa shape index (κ1) is 11.7. The lowest BCUT2D eigenvalue weighted by Crippen LogP contribution is -2.38. The van der Waals surface area contributed by atoms with Gasteiger partial charge in [-0.15, -0.1) is 0 Å². The molecule has 4 heteroatoms. The Morgan fingerprint density at radius 1 is 1.44 bits per heavy atom. The van der Waals surface area contributed by atoms with E-state index < -0.39 is 0 Å². The number of rotatable bonds is 4. The van der Waals surface area contributed by atoms with Gasteiger partial charge in [-0.1, -0.05) is 12.1 Å². The second-order valence-corrected chi connectivity index (χ2v) is 5.73. The summed E-state index contributed by atoms with van der Waals surface area (Å²) in [4.78, 5) is 2.55. The molecule has 2 fully saturated rings. The standard InChI is InChI=1S/C12H23N3O/c1-10-2-6-15(7-3-10)9-12(4-5-12)8-11(13)14-16/h10,16H,2-9H2,1H3,(H2,13,14). The van der Waals surface area contributed by atoms with Gasteiger partial charge in [0.15, 0.2) is 0 Å². The average Bonchev–Trinajstić information content (AvgIpc) is 3.01. The van der Waals surface area contributed by atoms with Crippen molar-refractivity contribution in [3.8, 4) is 0 Å². The Bertz CT molecular complexity index is 265. The molecule has 1 aliphatic carbocycles. The van der Waals surface area contributed by atoms with Crippen LogP contribution in [0.15, 0.2) is 5.16 Å². The van der Waals surface area contributed by atoms with Crippen molar-refractivity contribution in [1.29, 1.82) is 0 Å². The fourth-order valence-corrected chi connectivity index (χ4v) is 2.68. The molecule has 4 nitrogen and oxygen atoms in total. The van der Waals surface area contributed by atoms with Crippen LogP contribution in [-0.4, -0.2) is 35.6 Å². The number of likely N-dealkylation sites (tertiary alicyclic amines) is 1. The van der Waals surface area contributed by atoms with Crippen molar-refractivity contribution in [3.05, 3.63) is 0 Å². The largest absolute Gasteiger partial charge is 0.409 e. The van der Waals surface area contributed by atoms with Crippen molar-refractivity contribution >= 4 is 5.84 Å². The van der Waals surface area contributed by atoms with Gasteiger partial charge in [0.25, 0.3) is 0 Å². The maximum atomic E-state index is 8.62. The third kappa shape index (κ3) is 2.88. The molecule has 3 N–H and O–H groups in total. The lowest BCUT2D eigenvalue weighted by atomic mass is 9.95. The minimum Gasteiger partial charge on any atom is -0.409 e. The molecule has 0 aromatic carbocycles. The number of piperidine rings is 1. The highest BCUT2D eigenvalue weighted by atomic mass is 16.4. The van der Waals surface area contributed by atoms with Gasteiger partial charge in [-0.2, -0.15) is 0 Å². The quantitative estimate of drug-likeness (QED) is 0.331. The first-order valence-corrected chi connectivity index (χ1v) is 6.32. The maximum absolute atomic E-state index is 8.62. The third-order valence-electron chi connectivity index (χ3n) is 4.08. The molecule has 0 bridgehead atoms. The molecule has 92 valence electrons. The highest BCUT2D eigenvalue weighted by Crippen LogP contribution is 2.49. The number of amidine groups is 1. The number of hydrogen-bond acceptors (Lipinski definition) is 3. The summed E-state index contributed by atoms with van der Waals surface area (Å²) in [5, 5.41) is 11.7. The summed E-state index contributed by atoms with van der Waals surface area (Å²) in [6.45, 7) is 5.91. The van der Waals surface area contributed by atoms with Crippen molar-refractivity contribution in [3.63, 3.8) is 0 Å². The van der Waals surface area contributed by atoms with Gasteiger partial charge in [0, 0.05) is 13.0 Å². The predicted octanol–water partition coefficient (Wildman–Crippen LogP) is 1.64. The van der Waals surface area contributed by atoms with E-state index in [1.807, 2.05) is 0 Å². The van der Waals surface area contributed by atoms with Gasteiger partial charge in [-0.25, -0.2) is 0 Å². The van der Waals surface area contributed by atoms with Crippen LogP contribution in [0.3, 0.4) is 0 Å². The lowest BCUT2D eigenvalue weighted by Gasteiger charge is -2.33. The molecule has 16 heavy (non-hydrogen) atoms. The summed E-state index contributed by atoms with van der Waals surface area (Å²) in [7, 11) is 0. The molecule has 2 aliphatic rings. The molecule has 0 aromatic heterocycles. The average molecular weight is 225 g/mol. The van der Waals surface area contributed by atoms with Crippen molar-refractivity contribution < 1.29 is 5.21 Å². The zero-order chi connectivity index (χ0) is 11.6. The molecule has 0 aromatic rings. The summed E-state index contributed by atoms with van der Waals surface area (Å²) in [6.07, 6.45) is 5.86. The van der Waals surface area contributed by atoms with Crippen LogP contribution < -0.4 is 5.73 Å². The molecular weight excluding hydrogens is 202 g/mol. The van der Waals surface area contributed by atoms with Gasteiger partial charge in [-0.05, 0) is 50.1 Å². The normalized spacial score (nSPS) is 26.9. The van der Waals surface area contributed by atoms with Crippen LogP contribution >= 0.6 is 0 Å². The Morgan fingerprint density at radius 3 is 2.56 bits per heavy atom. The number of hydrogen-bond donors (Lipinski definition) is 2. The van der Waals surface area contributed by atoms with Gasteiger partial charge in [0.05, 0.1) is 0 Å². The fourth-order valence-electron chi connectivity index (χ4n) is 2.68. The van der Waals surface area contributed by atoms with Crippen LogP contribution in [0.5, 0.6) is 0 Å². The van der Waals surface area contributed by atoms with E-state index in [1.165, 1.54) is 38.8 Å². The fraction of sp³-hybridized carbons (Fsp3) is 0.917. The Balaban J connectivity index is 1.80. The highest BCUT2D eigenvalue weighted by molar-refractivity contribution is 5.80. The molecular formula is C12H23N3O. The SMILES string of the molecule is CC1CCN(CC2(CC(N)=NO)CC2)CC1. The van der Waals surface area contributed by atoms with E-state index in [4.69, 9.17) is 10.9 Å². The minimum absolute atomic E-state index is 0.330. The van der Waals surface area contributed by atoms with E-state index in [1.54, 1.807) is 0 Å². The Kier molecular flexibility index (Phi) is 3.38. The van der Waals surface area contributed by atoms with Crippen LogP contribution in [0.4, 0.5) is 0 Å². The van der Waals surface area contributed by atoms with Gasteiger partial charge < -0.3 is 15.8 Å². The monoisotopic (exact) mass is 225 g/mol. The van der Waals surface area contributed by atoms with E-state index in [2.05, 4.69) is 17.0 Å². The van der Waals surface area contributed by atoms with E-state index in [-0.39, 0.29) is 0 Å². The Hall–Kier alpha value is -0.770. The molecule has 0 radical (unpaired) electrons. The molecule has 1 saturated heterocycles. The molecule has 0 atom stereocenters. The van der Waals surface area contributed by atoms with Crippen molar-refractivity contribution in [2.45, 2.75) is 39.0 Å². The van der Waals surface area contributed by atoms with E-state index in [9.17, 15) is 0 Å². The molecule has 1 heterocycles. The van der Waals surface area contributed by atoms with Crippen molar-refractivity contribution in [2.75, 3.05) is 19.6 Å². The van der Waals surface area contributed by atoms with Crippen molar-refractivity contribution in [2.24, 2.45) is 22.2 Å². The number of nitrogens with two attached hydrogens (primary N) is 1. The Labute approximate surface area is 97.5 Å². The van der Waals surface area contributed by atoms with Gasteiger partial charge in [-0.3, -0.25) is 0 Å². The first-order valence-electron chi connectivity index (χ1n) is 6.32. The maximum Gasteiger partial charge on any atom is 0.139 e. The molecule has 2 rings (SSSR count). The molecule has 1 saturated carbocycles. The van der Waals surface area contributed by atoms with E-state index >= 15 is 0 Å². The molecule has 1 aliphatic heterocycles. The summed E-state index contributed by atoms with van der Waals surface area (Å²) in [6, 6.07) is 0. The van der Waals surface area contributed by atoms with Gasteiger partial charge >= 0.3 is 0 Å². The summed E-state index contributed by atoms with van der Waals surface area (Å²) in [5.41, 5.74) is 5.94. The van der Waals surface area contributed by atoms with Crippen LogP contribution in [-0.2, 0) is 0 Å². The lowest BCUT2D eigenvalue weighted by molar-refractivity contribution is 0.160. The van der Waals surface area contributed by atoms with Crippen LogP contribution in [0.1, 0.15) is 39.0 Å². The number of oxime groups is 1. The van der Waals surface area contributed by atoms with E-state index in [0.717, 1.165) is 18.9 Å². The molecule has 0 unspecified atom stereocenters. The van der Waals surface area contributed by atoms with Crippen molar-refractivity contribution in [1.82, 2.24) is 4.90 Å². The Morgan fingerprint density at radius 2 is 2.06 bits per heavy atom. The van der Waals surface area contributed by atoms with Crippen LogP contribution in [0.2, 0.25) is 0 Å². The van der Waals surface area contributed by atoms with E-state index in [0.29, 0.717) is 11.3 Å². The molecule has 0 amide bonds. The topological polar surface area (TPSA) is 61.8 Å². The van der Waals surface area contributed by atoms with Crippen LogP contribution in [0, 0.1) is 11.3 Å².